The number of para-hydroxylation sites is 2. The van der Waals surface area contributed by atoms with Crippen molar-refractivity contribution in [3.63, 3.8) is 0 Å². The number of hydrogen-bond acceptors (Lipinski definition) is 5. The fourth-order valence-corrected chi connectivity index (χ4v) is 3.66. The van der Waals surface area contributed by atoms with Gasteiger partial charge in [0.05, 0.1) is 24.1 Å². The number of nitrogens with one attached hydrogen (secondary N) is 1. The molecule has 2 aromatic rings. The van der Waals surface area contributed by atoms with E-state index in [1.54, 1.807) is 24.3 Å². The lowest BCUT2D eigenvalue weighted by Crippen LogP contribution is -2.45. The van der Waals surface area contributed by atoms with E-state index in [1.807, 2.05) is 0 Å². The van der Waals surface area contributed by atoms with E-state index in [0.29, 0.717) is 21.9 Å². The number of nitrogens with zero attached hydrogens (tertiary/aromatic N) is 1. The van der Waals surface area contributed by atoms with E-state index in [9.17, 15) is 26.4 Å². The van der Waals surface area contributed by atoms with Gasteiger partial charge in [-0.3, -0.25) is 9.10 Å². The molecule has 1 heterocycles. The summed E-state index contributed by atoms with van der Waals surface area (Å²) >= 11 is 0. The maximum Gasteiger partial charge on any atom is 0.416 e. The average Bonchev–Trinajstić information content (AvgIpc) is 2.69. The highest BCUT2D eigenvalue weighted by molar-refractivity contribution is 7.92. The molecule has 0 radical (unpaired) electrons. The third-order valence-corrected chi connectivity index (χ3v) is 5.38. The summed E-state index contributed by atoms with van der Waals surface area (Å²) in [6.07, 6.45) is -4.32. The first-order valence-corrected chi connectivity index (χ1v) is 10.7. The predicted molar refractivity (Wildman–Crippen MR) is 103 cm³/mol. The number of ether oxygens (including phenoxy) is 2. The summed E-state index contributed by atoms with van der Waals surface area (Å²) < 4.78 is 74.9. The Bertz CT molecular complexity index is 1030. The van der Waals surface area contributed by atoms with Gasteiger partial charge >= 0.3 is 6.18 Å². The molecule has 0 fully saturated rings. The Morgan fingerprint density at radius 1 is 1.17 bits per heavy atom. The number of anilines is 1. The lowest BCUT2D eigenvalue weighted by atomic mass is 10.2. The maximum atomic E-state index is 12.9. The average molecular weight is 444 g/mol. The Morgan fingerprint density at radius 3 is 2.53 bits per heavy atom. The van der Waals surface area contributed by atoms with Crippen LogP contribution >= 0.6 is 0 Å². The van der Waals surface area contributed by atoms with Crippen LogP contribution in [0.15, 0.2) is 48.5 Å². The molecule has 162 valence electrons. The number of rotatable bonds is 6. The summed E-state index contributed by atoms with van der Waals surface area (Å²) in [5.41, 5.74) is -1.27. The van der Waals surface area contributed by atoms with Gasteiger partial charge in [-0.25, -0.2) is 8.42 Å². The van der Waals surface area contributed by atoms with Gasteiger partial charge in [0.2, 0.25) is 15.9 Å². The first kappa shape index (κ1) is 21.8. The van der Waals surface area contributed by atoms with Gasteiger partial charge in [-0.15, -0.1) is 0 Å². The molecule has 2 aromatic carbocycles. The molecule has 1 N–H and O–H groups in total. The Morgan fingerprint density at radius 2 is 1.87 bits per heavy atom. The zero-order valence-electron chi connectivity index (χ0n) is 15.8. The number of carbonyl (C=O) groups is 1. The summed E-state index contributed by atoms with van der Waals surface area (Å²) in [7, 11) is -4.01. The normalized spacial score (nSPS) is 16.1. The zero-order chi connectivity index (χ0) is 21.9. The number of sulfonamides is 1. The van der Waals surface area contributed by atoms with Gasteiger partial charge in [-0.2, -0.15) is 13.2 Å². The lowest BCUT2D eigenvalue weighted by molar-refractivity contribution is -0.137. The molecule has 0 spiro atoms. The molecule has 3 rings (SSSR count). The summed E-state index contributed by atoms with van der Waals surface area (Å²) in [5, 5.41) is 2.53. The third-order valence-electron chi connectivity index (χ3n) is 4.24. The number of fused-ring (bicyclic) bond motifs is 1. The fourth-order valence-electron chi connectivity index (χ4n) is 2.82. The van der Waals surface area contributed by atoms with Crippen LogP contribution in [-0.4, -0.2) is 46.4 Å². The summed E-state index contributed by atoms with van der Waals surface area (Å²) in [4.78, 5) is 12.3. The Labute approximate surface area is 171 Å². The van der Waals surface area contributed by atoms with Crippen molar-refractivity contribution in [2.75, 3.05) is 30.3 Å². The van der Waals surface area contributed by atoms with Gasteiger partial charge in [-0.1, -0.05) is 18.2 Å². The maximum absolute atomic E-state index is 12.9. The second-order valence-electron chi connectivity index (χ2n) is 6.62. The molecular formula is C19H19F3N2O5S. The molecule has 0 aromatic heterocycles. The predicted octanol–water partition coefficient (Wildman–Crippen LogP) is 2.43. The summed E-state index contributed by atoms with van der Waals surface area (Å²) in [6, 6.07) is 10.8. The summed E-state index contributed by atoms with van der Waals surface area (Å²) in [5.74, 6) is 0.401. The molecular weight excluding hydrogens is 425 g/mol. The van der Waals surface area contributed by atoms with Gasteiger partial charge in [0.15, 0.2) is 11.5 Å². The Hall–Kier alpha value is -2.95. The van der Waals surface area contributed by atoms with Gasteiger partial charge in [0.1, 0.15) is 19.3 Å². The van der Waals surface area contributed by atoms with Gasteiger partial charge < -0.3 is 14.8 Å². The number of hydrogen-bond donors (Lipinski definition) is 1. The second-order valence-corrected chi connectivity index (χ2v) is 8.53. The lowest BCUT2D eigenvalue weighted by Gasteiger charge is -2.27. The van der Waals surface area contributed by atoms with Gasteiger partial charge in [-0.05, 0) is 30.3 Å². The first-order chi connectivity index (χ1) is 14.0. The molecule has 11 heteroatoms. The number of halogens is 3. The molecule has 1 atom stereocenters. The largest absolute Gasteiger partial charge is 0.486 e. The fraction of sp³-hybridized carbons (Fsp3) is 0.316. The second kappa shape index (κ2) is 8.42. The van der Waals surface area contributed by atoms with E-state index in [-0.39, 0.29) is 18.8 Å². The minimum Gasteiger partial charge on any atom is -0.486 e. The molecule has 1 amide bonds. The van der Waals surface area contributed by atoms with Crippen LogP contribution in [0.1, 0.15) is 5.56 Å². The van der Waals surface area contributed by atoms with E-state index in [4.69, 9.17) is 9.47 Å². The van der Waals surface area contributed by atoms with Crippen molar-refractivity contribution in [3.05, 3.63) is 54.1 Å². The molecule has 30 heavy (non-hydrogen) atoms. The smallest absolute Gasteiger partial charge is 0.416 e. The molecule has 0 saturated heterocycles. The molecule has 0 bridgehead atoms. The Balaban J connectivity index is 1.66. The van der Waals surface area contributed by atoms with Crippen molar-refractivity contribution in [2.24, 2.45) is 0 Å². The van der Waals surface area contributed by atoms with Crippen molar-refractivity contribution in [1.82, 2.24) is 5.32 Å². The standard InChI is InChI=1S/C19H19F3N2O5S/c1-30(26,27)24(14-6-4-5-13(9-14)19(20,21)22)11-18(25)23-10-15-12-28-16-7-2-3-8-17(16)29-15/h2-9,15H,10-12H2,1H3,(H,23,25)/t15-/m0/s1. The van der Waals surface area contributed by atoms with Crippen molar-refractivity contribution in [1.29, 1.82) is 0 Å². The molecule has 7 nitrogen and oxygen atoms in total. The first-order valence-electron chi connectivity index (χ1n) is 8.84. The van der Waals surface area contributed by atoms with Crippen LogP contribution in [0.25, 0.3) is 0 Å². The highest BCUT2D eigenvalue weighted by atomic mass is 32.2. The van der Waals surface area contributed by atoms with Crippen LogP contribution in [-0.2, 0) is 21.0 Å². The topological polar surface area (TPSA) is 84.9 Å². The minimum absolute atomic E-state index is 0.0351. The summed E-state index contributed by atoms with van der Waals surface area (Å²) in [6.45, 7) is -0.460. The Kier molecular flexibility index (Phi) is 6.11. The van der Waals surface area contributed by atoms with E-state index in [2.05, 4.69) is 5.32 Å². The molecule has 0 unspecified atom stereocenters. The van der Waals surface area contributed by atoms with E-state index in [0.717, 1.165) is 18.4 Å². The molecule has 0 saturated carbocycles. The van der Waals surface area contributed by atoms with Crippen molar-refractivity contribution >= 4 is 21.6 Å². The van der Waals surface area contributed by atoms with E-state index < -0.39 is 40.3 Å². The van der Waals surface area contributed by atoms with Crippen LogP contribution in [0, 0.1) is 0 Å². The van der Waals surface area contributed by atoms with E-state index >= 15 is 0 Å². The van der Waals surface area contributed by atoms with Crippen molar-refractivity contribution in [3.8, 4) is 11.5 Å². The van der Waals surface area contributed by atoms with Gasteiger partial charge in [0.25, 0.3) is 0 Å². The van der Waals surface area contributed by atoms with Crippen molar-refractivity contribution < 1.29 is 35.9 Å². The molecule has 1 aliphatic heterocycles. The minimum atomic E-state index is -4.64. The van der Waals surface area contributed by atoms with E-state index in [1.165, 1.54) is 6.07 Å². The number of amides is 1. The van der Waals surface area contributed by atoms with Crippen LogP contribution < -0.4 is 19.1 Å². The number of benzene rings is 2. The van der Waals surface area contributed by atoms with Crippen molar-refractivity contribution in [2.45, 2.75) is 12.3 Å². The number of alkyl halides is 3. The van der Waals surface area contributed by atoms with Crippen LogP contribution in [0.2, 0.25) is 0 Å². The van der Waals surface area contributed by atoms with Crippen LogP contribution in [0.4, 0.5) is 18.9 Å². The molecule has 0 aliphatic carbocycles. The third kappa shape index (κ3) is 5.35. The van der Waals surface area contributed by atoms with Crippen LogP contribution in [0.3, 0.4) is 0 Å². The highest BCUT2D eigenvalue weighted by Gasteiger charge is 2.32. The quantitative estimate of drug-likeness (QED) is 0.740. The number of carbonyl (C=O) groups excluding carboxylic acids is 1. The monoisotopic (exact) mass is 444 g/mol. The van der Waals surface area contributed by atoms with Gasteiger partial charge in [0, 0.05) is 0 Å². The zero-order valence-corrected chi connectivity index (χ0v) is 16.7. The SMILES string of the molecule is CS(=O)(=O)N(CC(=O)NC[C@H]1COc2ccccc2O1)c1cccc(C(F)(F)F)c1. The van der Waals surface area contributed by atoms with Crippen LogP contribution in [0.5, 0.6) is 11.5 Å². The highest BCUT2D eigenvalue weighted by Crippen LogP contribution is 2.32. The molecule has 1 aliphatic rings.